The lowest BCUT2D eigenvalue weighted by atomic mass is 9.98. The lowest BCUT2D eigenvalue weighted by Gasteiger charge is -2.31. The quantitative estimate of drug-likeness (QED) is 0.579. The minimum Gasteiger partial charge on any atom is -0.493 e. The molecule has 0 bridgehead atoms. The number of nitrogens with zero attached hydrogens (tertiary/aromatic N) is 4. The molecule has 0 atom stereocenters. The van der Waals surface area contributed by atoms with E-state index in [1.807, 2.05) is 55.5 Å². The molecule has 2 heterocycles. The van der Waals surface area contributed by atoms with E-state index in [9.17, 15) is 4.79 Å². The predicted molar refractivity (Wildman–Crippen MR) is 125 cm³/mol. The fourth-order valence-corrected chi connectivity index (χ4v) is 3.75. The van der Waals surface area contributed by atoms with E-state index in [2.05, 4.69) is 30.5 Å². The Morgan fingerprint density at radius 2 is 1.81 bits per heavy atom. The summed E-state index contributed by atoms with van der Waals surface area (Å²) >= 11 is 0. The number of hydrogen-bond donors (Lipinski definition) is 2. The zero-order valence-electron chi connectivity index (χ0n) is 18.4. The Morgan fingerprint density at radius 1 is 1.06 bits per heavy atom. The van der Waals surface area contributed by atoms with Crippen molar-refractivity contribution < 1.29 is 9.53 Å². The first-order chi connectivity index (χ1) is 15.6. The Bertz CT molecular complexity index is 1050. The van der Waals surface area contributed by atoms with E-state index in [0.717, 1.165) is 55.2 Å². The number of aromatic nitrogens is 3. The molecule has 32 heavy (non-hydrogen) atoms. The van der Waals surface area contributed by atoms with Crippen LogP contribution in [-0.4, -0.2) is 40.6 Å². The monoisotopic (exact) mass is 432 g/mol. The Morgan fingerprint density at radius 3 is 2.56 bits per heavy atom. The maximum absolute atomic E-state index is 11.4. The van der Waals surface area contributed by atoms with Gasteiger partial charge >= 0.3 is 0 Å². The molecule has 1 fully saturated rings. The second kappa shape index (κ2) is 10.1. The van der Waals surface area contributed by atoms with E-state index < -0.39 is 0 Å². The minimum atomic E-state index is -0.106. The fraction of sp³-hybridized carbons (Fsp3) is 0.333. The summed E-state index contributed by atoms with van der Waals surface area (Å²) in [5.41, 5.74) is 2.52. The van der Waals surface area contributed by atoms with Crippen molar-refractivity contribution in [3.8, 4) is 5.75 Å². The number of nitrogens with one attached hydrogen (secondary N) is 2. The van der Waals surface area contributed by atoms with Crippen LogP contribution in [-0.2, 0) is 4.79 Å². The van der Waals surface area contributed by atoms with Crippen LogP contribution in [0.3, 0.4) is 0 Å². The molecule has 8 heteroatoms. The van der Waals surface area contributed by atoms with E-state index in [4.69, 9.17) is 4.74 Å². The molecule has 1 aliphatic rings. The van der Waals surface area contributed by atoms with Crippen LogP contribution in [0.15, 0.2) is 54.9 Å². The average Bonchev–Trinajstić information content (AvgIpc) is 2.81. The van der Waals surface area contributed by atoms with Crippen molar-refractivity contribution in [3.05, 3.63) is 60.4 Å². The zero-order valence-corrected chi connectivity index (χ0v) is 18.4. The third-order valence-corrected chi connectivity index (χ3v) is 5.58. The molecule has 4 rings (SSSR count). The smallest absolute Gasteiger partial charge is 0.232 e. The largest absolute Gasteiger partial charge is 0.493 e. The van der Waals surface area contributed by atoms with Gasteiger partial charge in [0.2, 0.25) is 17.8 Å². The van der Waals surface area contributed by atoms with Crippen LogP contribution in [0.5, 0.6) is 5.75 Å². The highest BCUT2D eigenvalue weighted by Gasteiger charge is 2.22. The molecule has 0 spiro atoms. The van der Waals surface area contributed by atoms with Gasteiger partial charge in [-0.1, -0.05) is 24.3 Å². The molecule has 8 nitrogen and oxygen atoms in total. The average molecular weight is 433 g/mol. The molecule has 0 radical (unpaired) electrons. The van der Waals surface area contributed by atoms with Gasteiger partial charge in [0.05, 0.1) is 6.61 Å². The normalized spacial score (nSPS) is 14.1. The van der Waals surface area contributed by atoms with Crippen LogP contribution in [0.1, 0.15) is 25.3 Å². The third kappa shape index (κ3) is 5.51. The fourth-order valence-electron chi connectivity index (χ4n) is 3.75. The van der Waals surface area contributed by atoms with E-state index in [1.165, 1.54) is 13.3 Å². The molecule has 1 aliphatic heterocycles. The topological polar surface area (TPSA) is 92.3 Å². The Balaban J connectivity index is 1.35. The van der Waals surface area contributed by atoms with Gasteiger partial charge in [0.25, 0.3) is 0 Å². The van der Waals surface area contributed by atoms with Gasteiger partial charge in [-0.25, -0.2) is 9.97 Å². The van der Waals surface area contributed by atoms with Crippen molar-refractivity contribution in [2.45, 2.75) is 26.7 Å². The van der Waals surface area contributed by atoms with Gasteiger partial charge in [-0.05, 0) is 55.5 Å². The van der Waals surface area contributed by atoms with E-state index >= 15 is 0 Å². The van der Waals surface area contributed by atoms with Gasteiger partial charge in [-0.3, -0.25) is 4.79 Å². The molecule has 0 unspecified atom stereocenters. The summed E-state index contributed by atoms with van der Waals surface area (Å²) in [6.45, 7) is 5.92. The highest BCUT2D eigenvalue weighted by atomic mass is 16.5. The van der Waals surface area contributed by atoms with Crippen LogP contribution in [0.25, 0.3) is 0 Å². The number of piperidine rings is 1. The van der Waals surface area contributed by atoms with Crippen molar-refractivity contribution in [1.29, 1.82) is 0 Å². The molecular formula is C24H28N6O2. The number of rotatable bonds is 7. The maximum atomic E-state index is 11.4. The second-order valence-electron chi connectivity index (χ2n) is 7.95. The zero-order chi connectivity index (χ0) is 22.3. The van der Waals surface area contributed by atoms with Gasteiger partial charge < -0.3 is 20.3 Å². The highest BCUT2D eigenvalue weighted by molar-refractivity contribution is 5.90. The third-order valence-electron chi connectivity index (χ3n) is 5.58. The molecule has 1 aromatic heterocycles. The van der Waals surface area contributed by atoms with E-state index in [0.29, 0.717) is 17.8 Å². The van der Waals surface area contributed by atoms with Crippen molar-refractivity contribution in [1.82, 2.24) is 15.0 Å². The van der Waals surface area contributed by atoms with Crippen LogP contribution >= 0.6 is 0 Å². The summed E-state index contributed by atoms with van der Waals surface area (Å²) in [7, 11) is 0. The summed E-state index contributed by atoms with van der Waals surface area (Å²) in [6, 6.07) is 15.6. The van der Waals surface area contributed by atoms with Crippen molar-refractivity contribution >= 4 is 29.2 Å². The number of carbonyl (C=O) groups excluding carboxylic acids is 1. The van der Waals surface area contributed by atoms with Gasteiger partial charge in [0, 0.05) is 31.4 Å². The lowest BCUT2D eigenvalue weighted by molar-refractivity contribution is -0.114. The SMILES string of the molecule is CC(=O)Nc1cccc(Nc2ncnc(N3CCC(COc4ccccc4)CC3)n2)c1C. The highest BCUT2D eigenvalue weighted by Crippen LogP contribution is 2.26. The Labute approximate surface area is 188 Å². The second-order valence-corrected chi connectivity index (χ2v) is 7.95. The van der Waals surface area contributed by atoms with Crippen LogP contribution in [0, 0.1) is 12.8 Å². The molecule has 1 amide bonds. The molecular weight excluding hydrogens is 404 g/mol. The van der Waals surface area contributed by atoms with Crippen LogP contribution < -0.4 is 20.3 Å². The molecule has 3 aromatic rings. The van der Waals surface area contributed by atoms with Gasteiger partial charge in [0.1, 0.15) is 12.1 Å². The number of amides is 1. The number of benzene rings is 2. The summed E-state index contributed by atoms with van der Waals surface area (Å²) in [5.74, 6) is 2.48. The number of para-hydroxylation sites is 1. The Hall–Kier alpha value is -3.68. The molecule has 166 valence electrons. The first-order valence-corrected chi connectivity index (χ1v) is 10.8. The first-order valence-electron chi connectivity index (χ1n) is 10.8. The maximum Gasteiger partial charge on any atom is 0.232 e. The molecule has 0 saturated carbocycles. The van der Waals surface area contributed by atoms with Gasteiger partial charge in [-0.2, -0.15) is 4.98 Å². The van der Waals surface area contributed by atoms with Crippen molar-refractivity contribution in [3.63, 3.8) is 0 Å². The van der Waals surface area contributed by atoms with Crippen LogP contribution in [0.2, 0.25) is 0 Å². The van der Waals surface area contributed by atoms with E-state index in [1.54, 1.807) is 0 Å². The first kappa shape index (κ1) is 21.5. The standard InChI is InChI=1S/C24H28N6O2/c1-17-21(27-18(2)31)9-6-10-22(17)28-23-25-16-26-24(29-23)30-13-11-19(12-14-30)15-32-20-7-4-3-5-8-20/h3-10,16,19H,11-15H2,1-2H3,(H,27,31)(H,25,26,28,29). The summed E-state index contributed by atoms with van der Waals surface area (Å²) in [4.78, 5) is 26.9. The van der Waals surface area contributed by atoms with Gasteiger partial charge in [-0.15, -0.1) is 0 Å². The summed E-state index contributed by atoms with van der Waals surface area (Å²) < 4.78 is 5.92. The molecule has 0 aliphatic carbocycles. The molecule has 2 N–H and O–H groups in total. The van der Waals surface area contributed by atoms with Gasteiger partial charge in [0.15, 0.2) is 0 Å². The molecule has 1 saturated heterocycles. The minimum absolute atomic E-state index is 0.106. The summed E-state index contributed by atoms with van der Waals surface area (Å²) in [6.07, 6.45) is 3.58. The number of ether oxygens (including phenoxy) is 1. The van der Waals surface area contributed by atoms with Crippen molar-refractivity contribution in [2.24, 2.45) is 5.92 Å². The molecule has 2 aromatic carbocycles. The van der Waals surface area contributed by atoms with Crippen molar-refractivity contribution in [2.75, 3.05) is 35.2 Å². The number of anilines is 4. The number of hydrogen-bond acceptors (Lipinski definition) is 7. The van der Waals surface area contributed by atoms with Crippen LogP contribution in [0.4, 0.5) is 23.3 Å². The number of carbonyl (C=O) groups is 1. The predicted octanol–water partition coefficient (Wildman–Crippen LogP) is 4.18. The lowest BCUT2D eigenvalue weighted by Crippen LogP contribution is -2.36. The Kier molecular flexibility index (Phi) is 6.79. The van der Waals surface area contributed by atoms with E-state index in [-0.39, 0.29) is 5.91 Å². The summed E-state index contributed by atoms with van der Waals surface area (Å²) in [5, 5.41) is 6.09.